The van der Waals surface area contributed by atoms with E-state index < -0.39 is 60.1 Å². The number of para-hydroxylation sites is 1. The number of hydrogen-bond donors (Lipinski definition) is 2. The third-order valence-corrected chi connectivity index (χ3v) is 13.3. The summed E-state index contributed by atoms with van der Waals surface area (Å²) in [6.07, 6.45) is 4.45. The van der Waals surface area contributed by atoms with Crippen molar-refractivity contribution in [2.75, 3.05) is 54.9 Å². The molecule has 1 saturated carbocycles. The number of carbonyl (C=O) groups is 3. The van der Waals surface area contributed by atoms with Gasteiger partial charge in [0.15, 0.2) is 11.3 Å². The van der Waals surface area contributed by atoms with Crippen molar-refractivity contribution in [3.63, 3.8) is 0 Å². The predicted molar refractivity (Wildman–Crippen MR) is 228 cm³/mol. The van der Waals surface area contributed by atoms with E-state index in [-0.39, 0.29) is 60.3 Å². The highest BCUT2D eigenvalue weighted by Crippen LogP contribution is 2.39. The molecule has 4 aromatic heterocycles. The van der Waals surface area contributed by atoms with Gasteiger partial charge in [-0.25, -0.2) is 31.9 Å². The van der Waals surface area contributed by atoms with Crippen molar-refractivity contribution >= 4 is 51.6 Å². The lowest BCUT2D eigenvalue weighted by Gasteiger charge is -2.44. The highest BCUT2D eigenvalue weighted by Gasteiger charge is 2.47. The van der Waals surface area contributed by atoms with Crippen LogP contribution in [-0.4, -0.2) is 120 Å². The number of alkyl halides is 4. The first-order valence-corrected chi connectivity index (χ1v) is 21.9. The number of hydrogen-bond acceptors (Lipinski definition) is 11. The number of nitrogens with zero attached hydrogens (tertiary/aromatic N) is 10. The monoisotopic (exact) mass is 892 g/mol. The fraction of sp³-hybridized carbons (Fsp3) is 0.558. The van der Waals surface area contributed by atoms with Crippen LogP contribution >= 0.6 is 0 Å². The van der Waals surface area contributed by atoms with Gasteiger partial charge in [0.1, 0.15) is 17.4 Å². The molecule has 2 N–H and O–H groups in total. The van der Waals surface area contributed by atoms with Gasteiger partial charge in [-0.2, -0.15) is 10.2 Å². The van der Waals surface area contributed by atoms with E-state index in [0.29, 0.717) is 74.4 Å². The largest absolute Gasteiger partial charge is 0.372 e. The number of amides is 3. The molecule has 3 amide bonds. The molecule has 1 aromatic carbocycles. The minimum absolute atomic E-state index is 0.00963. The summed E-state index contributed by atoms with van der Waals surface area (Å²) in [5.74, 6) is -4.00. The molecule has 0 bridgehead atoms. The molecule has 0 spiro atoms. The van der Waals surface area contributed by atoms with Crippen molar-refractivity contribution in [3.8, 4) is 0 Å². The Labute approximate surface area is 365 Å². The average Bonchev–Trinajstić information content (AvgIpc) is 3.94. The summed E-state index contributed by atoms with van der Waals surface area (Å²) in [6.45, 7) is 5.35. The summed E-state index contributed by atoms with van der Waals surface area (Å²) < 4.78 is 72.6. The number of aryl methyl sites for hydroxylation is 1. The lowest BCUT2D eigenvalue weighted by atomic mass is 9.85. The smallest absolute Gasteiger partial charge is 0.329 e. The van der Waals surface area contributed by atoms with Gasteiger partial charge in [0.2, 0.25) is 11.8 Å². The van der Waals surface area contributed by atoms with Gasteiger partial charge in [-0.05, 0) is 83.5 Å². The molecule has 64 heavy (non-hydrogen) atoms. The Morgan fingerprint density at radius 3 is 2.48 bits per heavy atom. The number of imide groups is 1. The van der Waals surface area contributed by atoms with Gasteiger partial charge in [-0.1, -0.05) is 6.07 Å². The number of morpholine rings is 1. The summed E-state index contributed by atoms with van der Waals surface area (Å²) in [7, 11) is 3.27. The van der Waals surface area contributed by atoms with E-state index in [2.05, 4.69) is 25.7 Å². The second-order valence-corrected chi connectivity index (χ2v) is 17.9. The molecule has 9 rings (SSSR count). The highest BCUT2D eigenvalue weighted by atomic mass is 19.3. The molecule has 3 aliphatic heterocycles. The second kappa shape index (κ2) is 16.9. The molecule has 2 unspecified atom stereocenters. The summed E-state index contributed by atoms with van der Waals surface area (Å²) in [5.41, 5.74) is 0.623. The van der Waals surface area contributed by atoms with Crippen molar-refractivity contribution in [3.05, 3.63) is 64.6 Å². The maximum Gasteiger partial charge on any atom is 0.329 e. The molecule has 7 heterocycles. The Morgan fingerprint density at radius 2 is 1.78 bits per heavy atom. The van der Waals surface area contributed by atoms with Crippen LogP contribution < -0.4 is 26.1 Å². The number of halogens is 4. The molecule has 21 heteroatoms. The van der Waals surface area contributed by atoms with Crippen LogP contribution in [-0.2, 0) is 21.4 Å². The van der Waals surface area contributed by atoms with Crippen LogP contribution in [0.25, 0.3) is 16.7 Å². The van der Waals surface area contributed by atoms with E-state index in [0.717, 1.165) is 0 Å². The van der Waals surface area contributed by atoms with Crippen molar-refractivity contribution in [2.24, 2.45) is 13.0 Å². The van der Waals surface area contributed by atoms with Gasteiger partial charge < -0.3 is 19.9 Å². The molecule has 4 aliphatic rings. The molecule has 342 valence electrons. The second-order valence-electron chi connectivity index (χ2n) is 17.9. The number of imidazole rings is 1. The summed E-state index contributed by atoms with van der Waals surface area (Å²) in [5, 5.41) is 13.4. The molecule has 4 atom stereocenters. The van der Waals surface area contributed by atoms with Crippen LogP contribution in [0.2, 0.25) is 0 Å². The normalized spacial score (nSPS) is 25.5. The first-order chi connectivity index (χ1) is 30.6. The van der Waals surface area contributed by atoms with E-state index in [4.69, 9.17) is 9.72 Å². The first kappa shape index (κ1) is 43.4. The third-order valence-electron chi connectivity index (χ3n) is 13.3. The first-order valence-electron chi connectivity index (χ1n) is 21.9. The van der Waals surface area contributed by atoms with Crippen molar-refractivity contribution in [1.29, 1.82) is 0 Å². The lowest BCUT2D eigenvalue weighted by Crippen LogP contribution is -2.58. The fourth-order valence-electron chi connectivity index (χ4n) is 10.3. The Hall–Kier alpha value is -5.83. The quantitative estimate of drug-likeness (QED) is 0.144. The average molecular weight is 893 g/mol. The SMILES string of the molecule is C[C@H]1CN(c2ccn3ncc(C(=O)Nc4cn(C5CCC(CN(C)C6CCN(c7cccc8c7n(C)c(=O)n8C7CCC(=O)NC7=O)CC6(F)F)CC5)nc4C(F)F)c3n2)C[C@H](C)O1. The van der Waals surface area contributed by atoms with E-state index in [1.54, 1.807) is 54.4 Å². The van der Waals surface area contributed by atoms with E-state index in [1.807, 2.05) is 13.8 Å². The molecule has 0 radical (unpaired) electrons. The van der Waals surface area contributed by atoms with Crippen LogP contribution in [0.4, 0.5) is 34.8 Å². The summed E-state index contributed by atoms with van der Waals surface area (Å²) >= 11 is 0. The van der Waals surface area contributed by atoms with Gasteiger partial charge in [0.25, 0.3) is 18.3 Å². The lowest BCUT2D eigenvalue weighted by molar-refractivity contribution is -0.135. The van der Waals surface area contributed by atoms with Gasteiger partial charge in [0.05, 0.1) is 59.4 Å². The molecular weight excluding hydrogens is 841 g/mol. The molecule has 5 aromatic rings. The minimum atomic E-state index is -3.11. The van der Waals surface area contributed by atoms with E-state index in [9.17, 15) is 28.0 Å². The Balaban J connectivity index is 0.827. The minimum Gasteiger partial charge on any atom is -0.372 e. The van der Waals surface area contributed by atoms with Gasteiger partial charge in [-0.15, -0.1) is 0 Å². The number of ether oxygens (including phenoxy) is 1. The number of benzene rings is 1. The predicted octanol–water partition coefficient (Wildman–Crippen LogP) is 4.94. The number of carbonyl (C=O) groups excluding carboxylic acids is 3. The number of rotatable bonds is 10. The maximum atomic E-state index is 16.2. The molecule has 4 fully saturated rings. The Bertz CT molecular complexity index is 2640. The zero-order valence-electron chi connectivity index (χ0n) is 36.1. The van der Waals surface area contributed by atoms with Crippen LogP contribution in [0.5, 0.6) is 0 Å². The number of piperidine rings is 2. The standard InChI is InChI=1S/C43H52F4N12O5/c1-24-19-56(20-25(2)64-24)34-15-17-57-39(50-34)28(18-48-57)40(61)49-29-22-58(52-36(29)38(44)45)27-10-8-26(9-11-27)21-53(3)33-14-16-55(23-43(33,46)47)30-6-5-7-31-37(30)54(4)42(63)59(31)32-12-13-35(60)51-41(32)62/h5-7,15,17-18,22,24-27,32-33,38H,8-14,16,19-21,23H2,1-4H3,(H,49,61)(H,51,60,62)/t24-,25-,26?,27?,32?,33?/m0/s1. The molecule has 17 nitrogen and oxygen atoms in total. The number of fused-ring (bicyclic) bond motifs is 2. The van der Waals surface area contributed by atoms with Gasteiger partial charge >= 0.3 is 5.69 Å². The topological polar surface area (TPSA) is 169 Å². The van der Waals surface area contributed by atoms with Crippen LogP contribution in [0, 0.1) is 5.92 Å². The Morgan fingerprint density at radius 1 is 1.03 bits per heavy atom. The highest BCUT2D eigenvalue weighted by molar-refractivity contribution is 6.08. The molecule has 1 aliphatic carbocycles. The van der Waals surface area contributed by atoms with Crippen molar-refractivity contribution < 1.29 is 36.7 Å². The van der Waals surface area contributed by atoms with Crippen molar-refractivity contribution in [1.82, 2.24) is 43.7 Å². The zero-order chi connectivity index (χ0) is 45.2. The number of nitrogens with one attached hydrogen (secondary N) is 2. The third kappa shape index (κ3) is 8.11. The maximum absolute atomic E-state index is 16.2. The van der Waals surface area contributed by atoms with Crippen LogP contribution in [0.15, 0.2) is 47.7 Å². The van der Waals surface area contributed by atoms with E-state index >= 15 is 8.78 Å². The van der Waals surface area contributed by atoms with Gasteiger partial charge in [0, 0.05) is 52.0 Å². The van der Waals surface area contributed by atoms with Crippen molar-refractivity contribution in [2.45, 2.75) is 101 Å². The summed E-state index contributed by atoms with van der Waals surface area (Å²) in [4.78, 5) is 61.7. The molecular formula is C43H52F4N12O5. The fourth-order valence-corrected chi connectivity index (χ4v) is 10.3. The number of anilines is 3. The van der Waals surface area contributed by atoms with Crippen LogP contribution in [0.3, 0.4) is 0 Å². The molecule has 3 saturated heterocycles. The number of aromatic nitrogens is 7. The van der Waals surface area contributed by atoms with E-state index in [1.165, 1.54) is 30.7 Å². The Kier molecular flexibility index (Phi) is 11.5. The van der Waals surface area contributed by atoms with Gasteiger partial charge in [-0.3, -0.25) is 38.4 Å². The zero-order valence-corrected chi connectivity index (χ0v) is 36.1. The summed E-state index contributed by atoms with van der Waals surface area (Å²) in [6, 6.07) is 4.73. The van der Waals surface area contributed by atoms with Crippen LogP contribution in [0.1, 0.15) is 93.4 Å².